The quantitative estimate of drug-likeness (QED) is 0.385. The maximum atomic E-state index is 13.7. The number of amides is 4. The van der Waals surface area contributed by atoms with Crippen LogP contribution in [0, 0.1) is 5.92 Å². The number of ether oxygens (including phenoxy) is 3. The van der Waals surface area contributed by atoms with E-state index in [0.29, 0.717) is 17.2 Å². The number of para-hydroxylation sites is 1. The molecule has 3 atom stereocenters. The van der Waals surface area contributed by atoms with Crippen LogP contribution in [0.25, 0.3) is 0 Å². The first kappa shape index (κ1) is 28.6. The smallest absolute Gasteiger partial charge is 0.321 e. The van der Waals surface area contributed by atoms with Crippen LogP contribution >= 0.6 is 0 Å². The van der Waals surface area contributed by atoms with Gasteiger partial charge in [0.15, 0.2) is 17.2 Å². The summed E-state index contributed by atoms with van der Waals surface area (Å²) >= 11 is 0. The van der Waals surface area contributed by atoms with Crippen LogP contribution in [0.3, 0.4) is 0 Å². The van der Waals surface area contributed by atoms with Crippen molar-refractivity contribution < 1.29 is 33.7 Å². The van der Waals surface area contributed by atoms with Crippen molar-refractivity contribution in [3.8, 4) is 17.2 Å². The Morgan fingerprint density at radius 1 is 1.17 bits per heavy atom. The average Bonchev–Trinajstić information content (AvgIpc) is 3.47. The standard InChI is InChI=1S/C29H32N6O7/c1-17-13-35(18(2)15-36)28(38)20-5-4-6-21(33-27(37)22-12-30-9-10-31-22)26(20)42-25(17)14-34(3)29(39)32-19-7-8-23-24(11-19)41-16-40-23/h4-12,17-18,25,36H,13-16H2,1-3H3,(H,32,39)(H,33,37)/t17-,18+,25-/m0/s1. The van der Waals surface area contributed by atoms with Crippen LogP contribution in [0.15, 0.2) is 55.0 Å². The Kier molecular flexibility index (Phi) is 8.38. The van der Waals surface area contributed by atoms with E-state index in [4.69, 9.17) is 14.2 Å². The van der Waals surface area contributed by atoms with Crippen molar-refractivity contribution in [3.63, 3.8) is 0 Å². The number of likely N-dealkylation sites (N-methyl/N-ethyl adjacent to an activating group) is 1. The van der Waals surface area contributed by atoms with Gasteiger partial charge in [-0.2, -0.15) is 0 Å². The number of fused-ring (bicyclic) bond motifs is 2. The number of carbonyl (C=O) groups excluding carboxylic acids is 3. The number of benzene rings is 2. The van der Waals surface area contributed by atoms with E-state index in [-0.39, 0.29) is 67.0 Å². The van der Waals surface area contributed by atoms with Gasteiger partial charge < -0.3 is 39.8 Å². The highest BCUT2D eigenvalue weighted by atomic mass is 16.7. The van der Waals surface area contributed by atoms with Gasteiger partial charge in [-0.05, 0) is 31.2 Å². The van der Waals surface area contributed by atoms with E-state index in [9.17, 15) is 19.5 Å². The van der Waals surface area contributed by atoms with E-state index < -0.39 is 18.1 Å². The molecule has 220 valence electrons. The summed E-state index contributed by atoms with van der Waals surface area (Å²) in [4.78, 5) is 50.8. The zero-order valence-corrected chi connectivity index (χ0v) is 23.4. The fraction of sp³-hybridized carbons (Fsp3) is 0.345. The predicted octanol–water partition coefficient (Wildman–Crippen LogP) is 2.84. The lowest BCUT2D eigenvalue weighted by Crippen LogP contribution is -2.50. The van der Waals surface area contributed by atoms with Crippen molar-refractivity contribution in [2.45, 2.75) is 26.0 Å². The molecule has 13 heteroatoms. The molecule has 1 aromatic heterocycles. The number of aliphatic hydroxyl groups excluding tert-OH is 1. The maximum absolute atomic E-state index is 13.7. The first-order valence-corrected chi connectivity index (χ1v) is 13.5. The molecular formula is C29H32N6O7. The third-order valence-corrected chi connectivity index (χ3v) is 7.16. The van der Waals surface area contributed by atoms with Gasteiger partial charge in [-0.3, -0.25) is 14.6 Å². The van der Waals surface area contributed by atoms with Crippen molar-refractivity contribution in [1.29, 1.82) is 0 Å². The maximum Gasteiger partial charge on any atom is 0.321 e. The molecular weight excluding hydrogens is 544 g/mol. The van der Waals surface area contributed by atoms with Gasteiger partial charge in [-0.25, -0.2) is 9.78 Å². The molecule has 2 aliphatic rings. The second kappa shape index (κ2) is 12.3. The van der Waals surface area contributed by atoms with Gasteiger partial charge in [-0.1, -0.05) is 13.0 Å². The van der Waals surface area contributed by atoms with Gasteiger partial charge >= 0.3 is 6.03 Å². The molecule has 0 aliphatic carbocycles. The number of carbonyl (C=O) groups is 3. The number of anilines is 2. The summed E-state index contributed by atoms with van der Waals surface area (Å²) < 4.78 is 17.2. The van der Waals surface area contributed by atoms with Gasteiger partial charge in [-0.15, -0.1) is 0 Å². The number of aromatic nitrogens is 2. The first-order valence-electron chi connectivity index (χ1n) is 13.5. The van der Waals surface area contributed by atoms with Crippen LogP contribution in [-0.4, -0.2) is 88.4 Å². The Labute approximate surface area is 242 Å². The number of rotatable bonds is 7. The first-order chi connectivity index (χ1) is 20.2. The van der Waals surface area contributed by atoms with Crippen LogP contribution in [0.4, 0.5) is 16.2 Å². The number of aliphatic hydroxyl groups is 1. The van der Waals surface area contributed by atoms with Crippen molar-refractivity contribution in [2.24, 2.45) is 5.92 Å². The number of hydrogen-bond donors (Lipinski definition) is 3. The lowest BCUT2D eigenvalue weighted by Gasteiger charge is -2.38. The summed E-state index contributed by atoms with van der Waals surface area (Å²) in [6, 6.07) is 9.14. The molecule has 0 spiro atoms. The number of hydrogen-bond acceptors (Lipinski definition) is 9. The summed E-state index contributed by atoms with van der Waals surface area (Å²) in [6.45, 7) is 3.98. The minimum absolute atomic E-state index is 0.0904. The molecule has 3 N–H and O–H groups in total. The Morgan fingerprint density at radius 2 is 1.98 bits per heavy atom. The molecule has 13 nitrogen and oxygen atoms in total. The van der Waals surface area contributed by atoms with Gasteiger partial charge in [0.2, 0.25) is 6.79 Å². The largest absolute Gasteiger partial charge is 0.485 e. The molecule has 3 aromatic rings. The number of nitrogens with zero attached hydrogens (tertiary/aromatic N) is 4. The van der Waals surface area contributed by atoms with Gasteiger partial charge in [0.05, 0.1) is 36.6 Å². The minimum Gasteiger partial charge on any atom is -0.485 e. The summed E-state index contributed by atoms with van der Waals surface area (Å²) in [5.74, 6) is 0.177. The molecule has 3 heterocycles. The number of nitrogens with one attached hydrogen (secondary N) is 2. The monoisotopic (exact) mass is 576 g/mol. The lowest BCUT2D eigenvalue weighted by atomic mass is 9.99. The normalized spacial score (nSPS) is 18.2. The predicted molar refractivity (Wildman–Crippen MR) is 152 cm³/mol. The fourth-order valence-electron chi connectivity index (χ4n) is 4.71. The van der Waals surface area contributed by atoms with Crippen molar-refractivity contribution in [3.05, 3.63) is 66.2 Å². The third kappa shape index (κ3) is 6.05. The summed E-state index contributed by atoms with van der Waals surface area (Å²) in [5, 5.41) is 15.5. The molecule has 0 saturated carbocycles. The lowest BCUT2D eigenvalue weighted by molar-refractivity contribution is 0.0372. The highest BCUT2D eigenvalue weighted by Gasteiger charge is 2.35. The molecule has 42 heavy (non-hydrogen) atoms. The summed E-state index contributed by atoms with van der Waals surface area (Å²) in [6.07, 6.45) is 3.60. The minimum atomic E-state index is -0.590. The average molecular weight is 577 g/mol. The second-order valence-electron chi connectivity index (χ2n) is 10.2. The molecule has 0 fully saturated rings. The molecule has 2 aliphatic heterocycles. The molecule has 0 saturated heterocycles. The van der Waals surface area contributed by atoms with Crippen LogP contribution in [-0.2, 0) is 0 Å². The van der Waals surface area contributed by atoms with Crippen LogP contribution in [0.5, 0.6) is 17.2 Å². The molecule has 0 radical (unpaired) electrons. The van der Waals surface area contributed by atoms with E-state index in [1.807, 2.05) is 6.92 Å². The highest BCUT2D eigenvalue weighted by molar-refractivity contribution is 6.06. The summed E-state index contributed by atoms with van der Waals surface area (Å²) in [5.41, 5.74) is 1.11. The topological polar surface area (TPSA) is 155 Å². The zero-order valence-electron chi connectivity index (χ0n) is 23.4. The van der Waals surface area contributed by atoms with Crippen LogP contribution < -0.4 is 24.8 Å². The Hall–Kier alpha value is -4.91. The van der Waals surface area contributed by atoms with Gasteiger partial charge in [0, 0.05) is 43.7 Å². The Balaban J connectivity index is 1.41. The van der Waals surface area contributed by atoms with Crippen molar-refractivity contribution in [2.75, 3.05) is 44.2 Å². The van der Waals surface area contributed by atoms with E-state index >= 15 is 0 Å². The summed E-state index contributed by atoms with van der Waals surface area (Å²) in [7, 11) is 1.64. The highest BCUT2D eigenvalue weighted by Crippen LogP contribution is 2.36. The Morgan fingerprint density at radius 3 is 2.74 bits per heavy atom. The SMILES string of the molecule is C[C@H](CO)N1C[C@H](C)[C@H](CN(C)C(=O)Nc2ccc3c(c2)OCO3)Oc2c(NC(=O)c3cnccn3)cccc2C1=O. The van der Waals surface area contributed by atoms with E-state index in [2.05, 4.69) is 20.6 Å². The van der Waals surface area contributed by atoms with Crippen molar-refractivity contribution in [1.82, 2.24) is 19.8 Å². The zero-order chi connectivity index (χ0) is 29.8. The Bertz CT molecular complexity index is 1470. The van der Waals surface area contributed by atoms with Gasteiger partial charge in [0.1, 0.15) is 11.8 Å². The van der Waals surface area contributed by atoms with E-state index in [0.717, 1.165) is 0 Å². The second-order valence-corrected chi connectivity index (χ2v) is 10.2. The number of urea groups is 1. The molecule has 5 rings (SSSR count). The van der Waals surface area contributed by atoms with Crippen LogP contribution in [0.1, 0.15) is 34.7 Å². The van der Waals surface area contributed by atoms with E-state index in [1.54, 1.807) is 55.3 Å². The van der Waals surface area contributed by atoms with Crippen LogP contribution in [0.2, 0.25) is 0 Å². The molecule has 4 amide bonds. The van der Waals surface area contributed by atoms with E-state index in [1.165, 1.54) is 23.5 Å². The van der Waals surface area contributed by atoms with Gasteiger partial charge in [0.25, 0.3) is 11.8 Å². The molecule has 2 aromatic carbocycles. The molecule has 0 bridgehead atoms. The van der Waals surface area contributed by atoms with Crippen molar-refractivity contribution >= 4 is 29.2 Å². The molecule has 0 unspecified atom stereocenters. The third-order valence-electron chi connectivity index (χ3n) is 7.16. The fourth-order valence-corrected chi connectivity index (χ4v) is 4.71.